The van der Waals surface area contributed by atoms with E-state index in [0.717, 1.165) is 27.7 Å². The summed E-state index contributed by atoms with van der Waals surface area (Å²) in [4.78, 5) is 50.9. The van der Waals surface area contributed by atoms with Crippen LogP contribution in [0.4, 0.5) is 0 Å². The Morgan fingerprint density at radius 2 is 0.727 bits per heavy atom. The van der Waals surface area contributed by atoms with Gasteiger partial charge in [-0.1, -0.05) is 0 Å². The Kier molecular flexibility index (Phi) is 33.7. The topological polar surface area (TPSA) is 750 Å². The Labute approximate surface area is 625 Å². The highest BCUT2D eigenvalue weighted by molar-refractivity contribution is 5.74. The molecule has 0 aromatic rings. The first-order valence-electron chi connectivity index (χ1n) is 35.3. The predicted octanol–water partition coefficient (Wildman–Crippen LogP) is -18.4. The molecule has 0 bridgehead atoms. The van der Waals surface area contributed by atoms with Crippen molar-refractivity contribution in [1.29, 1.82) is 0 Å². The van der Waals surface area contributed by atoms with Crippen LogP contribution in [-0.2, 0) is 95.0 Å². The van der Waals surface area contributed by atoms with Gasteiger partial charge in [0.1, 0.15) is 201 Å². The molecule has 0 aromatic heterocycles. The van der Waals surface area contributed by atoms with E-state index in [4.69, 9.17) is 75.8 Å². The van der Waals surface area contributed by atoms with Crippen molar-refractivity contribution < 1.29 is 218 Å². The second-order valence-electron chi connectivity index (χ2n) is 27.9. The smallest absolute Gasteiger partial charge is 0.217 e. The zero-order valence-corrected chi connectivity index (χ0v) is 60.0. The Balaban J connectivity index is 1.16. The van der Waals surface area contributed by atoms with Crippen molar-refractivity contribution in [1.82, 2.24) is 21.3 Å². The zero-order chi connectivity index (χ0) is 81.5. The largest absolute Gasteiger partial charge is 0.394 e. The maximum atomic E-state index is 13.2. The van der Waals surface area contributed by atoms with E-state index < -0.39 is 346 Å². The summed E-state index contributed by atoms with van der Waals surface area (Å²) in [5.74, 6) is -3.63. The van der Waals surface area contributed by atoms with Gasteiger partial charge in [0.15, 0.2) is 50.3 Å². The molecule has 110 heavy (non-hydrogen) atoms. The summed E-state index contributed by atoms with van der Waals surface area (Å²) in [5.41, 5.74) is 0. The lowest BCUT2D eigenvalue weighted by atomic mass is 9.94. The minimum atomic E-state index is -2.59. The van der Waals surface area contributed by atoms with Gasteiger partial charge < -0.3 is 220 Å². The molecule has 0 spiro atoms. The van der Waals surface area contributed by atoms with Crippen LogP contribution in [0.5, 0.6) is 0 Å². The third-order valence-electron chi connectivity index (χ3n) is 19.9. The first-order chi connectivity index (χ1) is 51.9. The van der Waals surface area contributed by atoms with Crippen LogP contribution in [0.2, 0.25) is 0 Å². The van der Waals surface area contributed by atoms with Crippen LogP contribution in [-0.4, -0.2) is 469 Å². The molecule has 0 saturated carbocycles. The van der Waals surface area contributed by atoms with E-state index >= 15 is 0 Å². The summed E-state index contributed by atoms with van der Waals surface area (Å²) in [6.07, 6.45) is -81.8. The van der Waals surface area contributed by atoms with Crippen molar-refractivity contribution in [2.45, 2.75) is 311 Å². The molecule has 28 N–H and O–H groups in total. The van der Waals surface area contributed by atoms with Crippen molar-refractivity contribution in [3.05, 3.63) is 0 Å². The second-order valence-corrected chi connectivity index (χ2v) is 27.9. The molecule has 0 unspecified atom stereocenters. The highest BCUT2D eigenvalue weighted by atomic mass is 16.8. The average Bonchev–Trinajstić information content (AvgIpc) is 0.769. The van der Waals surface area contributed by atoms with E-state index in [2.05, 4.69) is 21.3 Å². The lowest BCUT2D eigenvalue weighted by Crippen LogP contribution is -2.70. The molecule has 48 nitrogen and oxygen atoms in total. The minimum absolute atomic E-state index is 0.844. The number of aliphatic hydroxyl groups is 24. The number of carbonyl (C=O) groups is 4. The van der Waals surface area contributed by atoms with Gasteiger partial charge in [0.25, 0.3) is 0 Å². The molecule has 0 aromatic carbocycles. The fourth-order valence-electron chi connectivity index (χ4n) is 13.8. The number of ether oxygens (including phenoxy) is 16. The quantitative estimate of drug-likeness (QED) is 0.0306. The standard InChI is InChI=1S/C62H106N4O44/c1-15-32(78)42(88)46(92)58(97-15)95-13-22(77)49(34(80)21(7-67)63-17(3)73)105-56-30(65-19(5)75)41(87)50(27(12-72)103-56)106-60-48(94)52(39(85)28(104-60)14-96-61-53(44(90)36(82)24(9-69)101-61)109-55-29(64-18(4)74)40(86)35(81)23(8-68)99-55)108-62-54(45(91)37(83)25(10-70)102-62)110-57-31(66-20(6)76)51(38(84)26(11-71)100-57)107-59-47(93)43(89)33(79)16(2)98-59/h15-16,21-62,67-72,77-94H,7-14H2,1-6H3,(H,63,73)(H,64,74)(H,65,75)(H,66,76)/t15-,16-,21-,22+,23+,24+,25+,26+,27+,28+,29+,30+,31+,32+,33+,34+,35+,36+,37+,38+,39+,40+,41+,42+,43+,44-,45-,46-,47-,48-,49+,50+,51+,52-,53-,54-,55-,56-,57-,58+,59-,60-,61-,62+/m0/s1. The van der Waals surface area contributed by atoms with Gasteiger partial charge in [0.05, 0.1) is 71.1 Å². The maximum Gasteiger partial charge on any atom is 0.217 e. The summed E-state index contributed by atoms with van der Waals surface area (Å²) in [6.45, 7) is -2.47. The van der Waals surface area contributed by atoms with Gasteiger partial charge in [0, 0.05) is 27.7 Å². The minimum Gasteiger partial charge on any atom is -0.394 e. The summed E-state index contributed by atoms with van der Waals surface area (Å²) in [6, 6.07) is -7.39. The van der Waals surface area contributed by atoms with E-state index in [-0.39, 0.29) is 0 Å². The van der Waals surface area contributed by atoms with E-state index in [1.165, 1.54) is 13.8 Å². The maximum absolute atomic E-state index is 13.2. The molecule has 8 aliphatic heterocycles. The second kappa shape index (κ2) is 40.4. The monoisotopic (exact) mass is 1610 g/mol. The Morgan fingerprint density at radius 1 is 0.336 bits per heavy atom. The summed E-state index contributed by atoms with van der Waals surface area (Å²) in [5, 5.41) is 277. The zero-order valence-electron chi connectivity index (χ0n) is 60.0. The molecule has 8 saturated heterocycles. The highest BCUT2D eigenvalue weighted by Crippen LogP contribution is 2.39. The van der Waals surface area contributed by atoms with Crippen molar-refractivity contribution in [2.24, 2.45) is 0 Å². The molecule has 0 aliphatic carbocycles. The molecule has 8 heterocycles. The molecule has 8 rings (SSSR count). The predicted molar refractivity (Wildman–Crippen MR) is 343 cm³/mol. The number of carbonyl (C=O) groups excluding carboxylic acids is 4. The van der Waals surface area contributed by atoms with Gasteiger partial charge in [-0.2, -0.15) is 0 Å². The highest BCUT2D eigenvalue weighted by Gasteiger charge is 2.60. The van der Waals surface area contributed by atoms with E-state index in [9.17, 15) is 142 Å². The van der Waals surface area contributed by atoms with Crippen LogP contribution in [0.3, 0.4) is 0 Å². The number of amides is 4. The Bertz CT molecular complexity index is 2880. The molecular weight excluding hydrogens is 1500 g/mol. The number of rotatable bonds is 31. The molecule has 44 atom stereocenters. The fourth-order valence-corrected chi connectivity index (χ4v) is 13.8. The van der Waals surface area contributed by atoms with Crippen LogP contribution in [0.1, 0.15) is 41.5 Å². The lowest BCUT2D eigenvalue weighted by Gasteiger charge is -2.51. The molecule has 48 heteroatoms. The SMILES string of the molecule is CC(=O)N[C@H]1[C@H](O[C@@H]([C@H](O)[C@H](CO)NC(C)=O)[C@H](O)CO[C@@H]2O[C@@H](C)[C@@H](O)[C@@H](O)[C@@H]2O)O[C@H](CO)[C@@H](O[C@@H]2O[C@H](CO[C@H]3O[C@H](CO)[C@@H](O)[C@H](O)[C@@H]3O[C@@H]3O[C@H](CO)[C@@H](O)[C@H](O)[C@H]3NC(C)=O)[C@@H](O)[C@H](O[C@H]3O[C@H](CO)[C@@H](O)[C@H](O)[C@@H]3O[C@@H]3O[C@H](CO)[C@@H](O)[C@H](O[C@@H]4O[C@@H](C)[C@@H](O)[C@@H](O)[C@@H]4O)[C@H]3NC(C)=O)[C@@H]2O)[C@@H]1O. The number of aliphatic hydroxyl groups excluding tert-OH is 24. The summed E-state index contributed by atoms with van der Waals surface area (Å²) in [7, 11) is 0. The van der Waals surface area contributed by atoms with Crippen LogP contribution < -0.4 is 21.3 Å². The van der Waals surface area contributed by atoms with E-state index in [1.54, 1.807) is 0 Å². The molecular formula is C62H106N4O44. The number of nitrogens with one attached hydrogen (secondary N) is 4. The van der Waals surface area contributed by atoms with Crippen molar-refractivity contribution in [2.75, 3.05) is 52.9 Å². The fraction of sp³-hybridized carbons (Fsp3) is 0.935. The van der Waals surface area contributed by atoms with Crippen LogP contribution >= 0.6 is 0 Å². The van der Waals surface area contributed by atoms with Gasteiger partial charge >= 0.3 is 0 Å². The van der Waals surface area contributed by atoms with Gasteiger partial charge in [-0.05, 0) is 13.8 Å². The first-order valence-corrected chi connectivity index (χ1v) is 35.3. The van der Waals surface area contributed by atoms with Gasteiger partial charge in [-0.15, -0.1) is 0 Å². The van der Waals surface area contributed by atoms with Crippen LogP contribution in [0.25, 0.3) is 0 Å². The first kappa shape index (κ1) is 91.8. The number of hydrogen-bond donors (Lipinski definition) is 28. The number of hydrogen-bond acceptors (Lipinski definition) is 44. The van der Waals surface area contributed by atoms with E-state index in [1.807, 2.05) is 0 Å². The Morgan fingerprint density at radius 3 is 1.24 bits per heavy atom. The lowest BCUT2D eigenvalue weighted by molar-refractivity contribution is -0.397. The van der Waals surface area contributed by atoms with Crippen LogP contribution in [0.15, 0.2) is 0 Å². The van der Waals surface area contributed by atoms with Crippen molar-refractivity contribution >= 4 is 23.6 Å². The van der Waals surface area contributed by atoms with Crippen molar-refractivity contribution in [3.8, 4) is 0 Å². The molecule has 0 radical (unpaired) electrons. The average molecular weight is 1610 g/mol. The normalized spacial score (nSPS) is 46.6. The van der Waals surface area contributed by atoms with E-state index in [0.29, 0.717) is 0 Å². The van der Waals surface area contributed by atoms with Crippen molar-refractivity contribution in [3.63, 3.8) is 0 Å². The van der Waals surface area contributed by atoms with Gasteiger partial charge in [-0.25, -0.2) is 0 Å². The third-order valence-corrected chi connectivity index (χ3v) is 19.9. The van der Waals surface area contributed by atoms with Gasteiger partial charge in [-0.3, -0.25) is 19.2 Å². The third kappa shape index (κ3) is 21.0. The molecule has 8 aliphatic rings. The Hall–Kier alpha value is -3.72. The summed E-state index contributed by atoms with van der Waals surface area (Å²) < 4.78 is 94.9. The molecule has 8 fully saturated rings. The van der Waals surface area contributed by atoms with Crippen LogP contribution in [0, 0.1) is 0 Å². The summed E-state index contributed by atoms with van der Waals surface area (Å²) >= 11 is 0. The molecule has 638 valence electrons. The molecule has 4 amide bonds. The van der Waals surface area contributed by atoms with Gasteiger partial charge in [0.2, 0.25) is 23.6 Å².